The third kappa shape index (κ3) is 17.4. The normalized spacial score (nSPS) is 11.4. The lowest BCUT2D eigenvalue weighted by atomic mass is 10.1. The Morgan fingerprint density at radius 2 is 0.871 bits per heavy atom. The van der Waals surface area contributed by atoms with E-state index in [1.807, 2.05) is 81.4 Å². The maximum atomic E-state index is 12.7. The Labute approximate surface area is 412 Å². The van der Waals surface area contributed by atoms with Gasteiger partial charge in [-0.25, -0.2) is 4.79 Å². The summed E-state index contributed by atoms with van der Waals surface area (Å²) in [5, 5.41) is 8.86. The van der Waals surface area contributed by atoms with E-state index in [0.717, 1.165) is 91.8 Å². The first-order valence-electron chi connectivity index (χ1n) is 22.2. The smallest absolute Gasteiger partial charge is 0.416 e. The van der Waals surface area contributed by atoms with Crippen LogP contribution < -0.4 is 18.9 Å². The van der Waals surface area contributed by atoms with Crippen molar-refractivity contribution in [1.82, 2.24) is 0 Å². The van der Waals surface area contributed by atoms with Crippen LogP contribution in [0.2, 0.25) is 0 Å². The Bertz CT molecular complexity index is 2650. The number of hydrogen-bond donors (Lipinski definition) is 1. The highest BCUT2D eigenvalue weighted by atomic mass is 32.2. The quantitative estimate of drug-likeness (QED) is 0.0662. The number of benzene rings is 6. The number of alkyl halides is 6. The van der Waals surface area contributed by atoms with E-state index in [-0.39, 0.29) is 38.8 Å². The largest absolute Gasteiger partial charge is 0.489 e. The average molecular weight is 1010 g/mol. The highest BCUT2D eigenvalue weighted by Gasteiger charge is 2.31. The van der Waals surface area contributed by atoms with E-state index in [4.69, 9.17) is 28.8 Å². The van der Waals surface area contributed by atoms with Crippen molar-refractivity contribution in [3.63, 3.8) is 0 Å². The molecule has 1 N–H and O–H groups in total. The Hall–Kier alpha value is -6.10. The minimum Gasteiger partial charge on any atom is -0.489 e. The third-order valence-electron chi connectivity index (χ3n) is 10.3. The molecule has 0 unspecified atom stereocenters. The fraction of sp³-hybridized carbons (Fsp3) is 0.296. The van der Waals surface area contributed by atoms with E-state index in [9.17, 15) is 35.9 Å². The number of carbonyl (C=O) groups excluding carboxylic acids is 1. The van der Waals surface area contributed by atoms with E-state index in [0.29, 0.717) is 34.1 Å². The number of methoxy groups -OCH3 is 1. The number of Topliss-reactive ketones (excluding diaryl/α,β-unsaturated/α-hetero) is 1. The first kappa shape index (κ1) is 54.8. The van der Waals surface area contributed by atoms with Crippen LogP contribution in [0.5, 0.6) is 23.0 Å². The minimum absolute atomic E-state index is 0.0236. The van der Waals surface area contributed by atoms with Gasteiger partial charge in [0, 0.05) is 26.7 Å². The van der Waals surface area contributed by atoms with Crippen molar-refractivity contribution in [2.24, 2.45) is 0 Å². The second kappa shape index (κ2) is 26.2. The summed E-state index contributed by atoms with van der Waals surface area (Å²) in [5.74, 6) is 1.49. The molecule has 0 aromatic heterocycles. The van der Waals surface area contributed by atoms with Crippen LogP contribution in [-0.2, 0) is 52.7 Å². The second-order valence-corrected chi connectivity index (χ2v) is 18.3. The Morgan fingerprint density at radius 1 is 0.500 bits per heavy atom. The standard InChI is InChI=1S/C28H29F3O4S.C26H25F3O4S/c1-4-5-21-15-25(11-13-27(21)35-18-23(32)17-33-3)36-24-10-12-26(19(2)14-24)34-16-20-6-8-22(9-7-20)28(29,30)31;1-3-4-19-14-22(10-12-24(19)33-16-25(30)31)34-21-9-11-23(17(2)13-21)32-15-18-5-7-20(8-6-18)26(27,28)29/h6-15H,4-5,16-18H2,1-3H3;5-14H,3-4,15-16H2,1-2H3,(H,30,31). The molecule has 6 aromatic carbocycles. The summed E-state index contributed by atoms with van der Waals surface area (Å²) in [5.41, 5.74) is 3.80. The van der Waals surface area contributed by atoms with E-state index in [2.05, 4.69) is 13.0 Å². The first-order chi connectivity index (χ1) is 33.3. The molecule has 372 valence electrons. The van der Waals surface area contributed by atoms with E-state index in [1.165, 1.54) is 31.4 Å². The number of aliphatic carboxylic acids is 1. The molecule has 0 fully saturated rings. The number of aryl methyl sites for hydroxylation is 4. The number of rotatable bonds is 22. The lowest BCUT2D eigenvalue weighted by Crippen LogP contribution is -2.16. The van der Waals surface area contributed by atoms with Gasteiger partial charge in [0.2, 0.25) is 0 Å². The molecular formula is C54H54F6O8S2. The van der Waals surface area contributed by atoms with Gasteiger partial charge in [0.1, 0.15) is 49.4 Å². The topological polar surface area (TPSA) is 101 Å². The third-order valence-corrected chi connectivity index (χ3v) is 12.2. The molecule has 0 radical (unpaired) electrons. The molecule has 0 aliphatic heterocycles. The molecule has 0 spiro atoms. The van der Waals surface area contributed by atoms with Gasteiger partial charge in [-0.1, -0.05) is 74.5 Å². The van der Waals surface area contributed by atoms with Gasteiger partial charge in [-0.2, -0.15) is 26.3 Å². The predicted octanol–water partition coefficient (Wildman–Crippen LogP) is 14.5. The molecule has 0 atom stereocenters. The van der Waals surface area contributed by atoms with Crippen molar-refractivity contribution in [3.8, 4) is 23.0 Å². The zero-order valence-corrected chi connectivity index (χ0v) is 40.9. The molecule has 8 nitrogen and oxygen atoms in total. The van der Waals surface area contributed by atoms with Gasteiger partial charge in [-0.3, -0.25) is 4.79 Å². The number of carboxylic acids is 1. The second-order valence-electron chi connectivity index (χ2n) is 16.0. The van der Waals surface area contributed by atoms with Gasteiger partial charge in [0.05, 0.1) is 11.1 Å². The molecule has 0 aliphatic rings. The number of carbonyl (C=O) groups is 2. The molecule has 6 aromatic rings. The summed E-state index contributed by atoms with van der Waals surface area (Å²) in [6.45, 7) is 7.96. The van der Waals surface area contributed by atoms with Crippen molar-refractivity contribution in [1.29, 1.82) is 0 Å². The van der Waals surface area contributed by atoms with E-state index in [1.54, 1.807) is 29.6 Å². The molecule has 0 bridgehead atoms. The number of ether oxygens (including phenoxy) is 5. The average Bonchev–Trinajstić information content (AvgIpc) is 3.31. The van der Waals surface area contributed by atoms with Crippen molar-refractivity contribution >= 4 is 35.3 Å². The van der Waals surface area contributed by atoms with Crippen molar-refractivity contribution in [2.45, 2.75) is 98.5 Å². The monoisotopic (exact) mass is 1010 g/mol. The summed E-state index contributed by atoms with van der Waals surface area (Å²) in [7, 11) is 1.48. The van der Waals surface area contributed by atoms with Gasteiger partial charge in [-0.05, 0) is 157 Å². The van der Waals surface area contributed by atoms with Gasteiger partial charge < -0.3 is 28.8 Å². The maximum absolute atomic E-state index is 12.7. The summed E-state index contributed by atoms with van der Waals surface area (Å²) in [4.78, 5) is 26.6. The first-order valence-corrected chi connectivity index (χ1v) is 23.9. The van der Waals surface area contributed by atoms with Crippen LogP contribution in [0.4, 0.5) is 26.3 Å². The van der Waals surface area contributed by atoms with Crippen LogP contribution in [0.25, 0.3) is 0 Å². The van der Waals surface area contributed by atoms with Crippen molar-refractivity contribution in [3.05, 3.63) is 166 Å². The lowest BCUT2D eigenvalue weighted by Gasteiger charge is -2.14. The summed E-state index contributed by atoms with van der Waals surface area (Å²) >= 11 is 3.17. The number of ketones is 1. The molecule has 6 rings (SSSR count). The highest BCUT2D eigenvalue weighted by molar-refractivity contribution is 7.99. The van der Waals surface area contributed by atoms with Gasteiger partial charge in [0.15, 0.2) is 12.4 Å². The summed E-state index contributed by atoms with van der Waals surface area (Å²) < 4.78 is 104. The fourth-order valence-corrected chi connectivity index (χ4v) is 8.78. The number of halogens is 6. The molecule has 0 heterocycles. The molecule has 70 heavy (non-hydrogen) atoms. The van der Waals surface area contributed by atoms with Crippen LogP contribution in [-0.4, -0.2) is 43.8 Å². The Balaban J connectivity index is 0.000000261. The zero-order chi connectivity index (χ0) is 50.8. The summed E-state index contributed by atoms with van der Waals surface area (Å²) in [6.07, 6.45) is -5.25. The van der Waals surface area contributed by atoms with Crippen molar-refractivity contribution in [2.75, 3.05) is 26.9 Å². The maximum Gasteiger partial charge on any atom is 0.416 e. The molecule has 0 saturated heterocycles. The molecule has 16 heteroatoms. The highest BCUT2D eigenvalue weighted by Crippen LogP contribution is 2.37. The zero-order valence-electron chi connectivity index (χ0n) is 39.3. The molecular weight excluding hydrogens is 955 g/mol. The van der Waals surface area contributed by atoms with Crippen LogP contribution in [0, 0.1) is 13.8 Å². The van der Waals surface area contributed by atoms with Crippen LogP contribution in [0.1, 0.15) is 71.2 Å². The SMILES string of the molecule is CCCc1cc(Sc2ccc(OCc3ccc(C(F)(F)F)cc3)c(C)c2)ccc1OCC(=O)COC.CCCc1cc(Sc2ccc(OCc3ccc(C(F)(F)F)cc3)c(C)c2)ccc1OCC(=O)O. The van der Waals surface area contributed by atoms with E-state index >= 15 is 0 Å². The number of hydrogen-bond acceptors (Lipinski definition) is 9. The van der Waals surface area contributed by atoms with Gasteiger partial charge >= 0.3 is 18.3 Å². The Morgan fingerprint density at radius 3 is 1.21 bits per heavy atom. The van der Waals surface area contributed by atoms with Crippen LogP contribution >= 0.6 is 23.5 Å². The van der Waals surface area contributed by atoms with Crippen LogP contribution in [0.15, 0.2) is 141 Å². The molecule has 0 aliphatic carbocycles. The fourth-order valence-electron chi connectivity index (χ4n) is 6.82. The minimum atomic E-state index is -4.35. The van der Waals surface area contributed by atoms with Crippen LogP contribution in [0.3, 0.4) is 0 Å². The lowest BCUT2D eigenvalue weighted by molar-refractivity contribution is -0.139. The van der Waals surface area contributed by atoms with Crippen molar-refractivity contribution < 1.29 is 64.7 Å². The van der Waals surface area contributed by atoms with Gasteiger partial charge in [-0.15, -0.1) is 0 Å². The van der Waals surface area contributed by atoms with Gasteiger partial charge in [0.25, 0.3) is 0 Å². The molecule has 0 saturated carbocycles. The Kier molecular flexibility index (Phi) is 20.5. The number of carboxylic acid groups (broad SMARTS) is 1. The summed E-state index contributed by atoms with van der Waals surface area (Å²) in [6, 6.07) is 33.1. The predicted molar refractivity (Wildman–Crippen MR) is 259 cm³/mol. The molecule has 0 amide bonds. The van der Waals surface area contributed by atoms with E-state index < -0.39 is 29.4 Å².